The van der Waals surface area contributed by atoms with Crippen molar-refractivity contribution in [3.05, 3.63) is 42.5 Å². The number of nitrogens with one attached hydrogen (secondary N) is 2. The first-order chi connectivity index (χ1) is 14.5. The van der Waals surface area contributed by atoms with Gasteiger partial charge in [0.15, 0.2) is 11.5 Å². The van der Waals surface area contributed by atoms with Crippen molar-refractivity contribution in [3.8, 4) is 17.2 Å². The highest BCUT2D eigenvalue weighted by molar-refractivity contribution is 7.89. The second-order valence-corrected chi connectivity index (χ2v) is 8.43. The summed E-state index contributed by atoms with van der Waals surface area (Å²) < 4.78 is 43.9. The monoisotopic (exact) mass is 434 g/mol. The molecule has 0 aromatic heterocycles. The molecule has 9 heteroatoms. The number of ether oxygens (including phenoxy) is 3. The molecule has 0 saturated carbocycles. The lowest BCUT2D eigenvalue weighted by Crippen LogP contribution is -2.25. The summed E-state index contributed by atoms with van der Waals surface area (Å²) in [6.07, 6.45) is 1.30. The van der Waals surface area contributed by atoms with Crippen LogP contribution in [0.3, 0.4) is 0 Å². The van der Waals surface area contributed by atoms with Crippen LogP contribution >= 0.6 is 0 Å². The summed E-state index contributed by atoms with van der Waals surface area (Å²) in [5.74, 6) is 1.51. The highest BCUT2D eigenvalue weighted by Gasteiger charge is 2.18. The van der Waals surface area contributed by atoms with Crippen molar-refractivity contribution in [2.45, 2.75) is 31.1 Å². The number of hydrogen-bond donors (Lipinski definition) is 2. The zero-order valence-electron chi connectivity index (χ0n) is 16.8. The molecule has 0 atom stereocenters. The fourth-order valence-corrected chi connectivity index (χ4v) is 3.96. The van der Waals surface area contributed by atoms with Crippen LogP contribution in [0, 0.1) is 0 Å². The lowest BCUT2D eigenvalue weighted by Gasteiger charge is -2.11. The zero-order valence-corrected chi connectivity index (χ0v) is 17.7. The Morgan fingerprint density at radius 2 is 1.80 bits per heavy atom. The van der Waals surface area contributed by atoms with Gasteiger partial charge in [0, 0.05) is 31.1 Å². The predicted octanol–water partition coefficient (Wildman–Crippen LogP) is 2.94. The van der Waals surface area contributed by atoms with Crippen LogP contribution in [0.5, 0.6) is 17.2 Å². The van der Waals surface area contributed by atoms with Crippen molar-refractivity contribution in [1.82, 2.24) is 4.72 Å². The molecular weight excluding hydrogens is 408 g/mol. The van der Waals surface area contributed by atoms with Gasteiger partial charge in [-0.25, -0.2) is 13.1 Å². The van der Waals surface area contributed by atoms with Gasteiger partial charge in [-0.3, -0.25) is 4.79 Å². The number of carbonyl (C=O) groups excluding carboxylic acids is 1. The van der Waals surface area contributed by atoms with E-state index in [1.165, 1.54) is 12.1 Å². The summed E-state index contributed by atoms with van der Waals surface area (Å²) in [7, 11) is -3.70. The molecule has 0 radical (unpaired) electrons. The van der Waals surface area contributed by atoms with Gasteiger partial charge in [0.05, 0.1) is 24.7 Å². The molecular formula is C21H26N2O6S. The number of anilines is 1. The largest absolute Gasteiger partial charge is 0.494 e. The molecule has 0 fully saturated rings. The molecule has 0 saturated heterocycles. The van der Waals surface area contributed by atoms with E-state index in [0.29, 0.717) is 43.4 Å². The molecule has 1 heterocycles. The third kappa shape index (κ3) is 6.11. The number of hydrogen-bond acceptors (Lipinski definition) is 6. The van der Waals surface area contributed by atoms with Crippen molar-refractivity contribution >= 4 is 21.6 Å². The summed E-state index contributed by atoms with van der Waals surface area (Å²) in [6, 6.07) is 11.6. The average molecular weight is 435 g/mol. The molecule has 1 aliphatic rings. The van der Waals surface area contributed by atoms with E-state index in [0.717, 1.165) is 12.2 Å². The van der Waals surface area contributed by atoms with Crippen molar-refractivity contribution in [3.63, 3.8) is 0 Å². The molecule has 1 aliphatic heterocycles. The summed E-state index contributed by atoms with van der Waals surface area (Å²) in [5, 5.41) is 2.78. The molecule has 0 bridgehead atoms. The van der Waals surface area contributed by atoms with Crippen molar-refractivity contribution in [2.75, 3.05) is 31.7 Å². The fraction of sp³-hybridized carbons (Fsp3) is 0.381. The number of rotatable bonds is 9. The van der Waals surface area contributed by atoms with Crippen LogP contribution in [0.4, 0.5) is 5.69 Å². The molecule has 8 nitrogen and oxygen atoms in total. The molecule has 30 heavy (non-hydrogen) atoms. The van der Waals surface area contributed by atoms with Crippen LogP contribution in [0.1, 0.15) is 26.2 Å². The van der Waals surface area contributed by atoms with E-state index in [9.17, 15) is 13.2 Å². The minimum Gasteiger partial charge on any atom is -0.494 e. The van der Waals surface area contributed by atoms with Crippen LogP contribution in [0.15, 0.2) is 47.4 Å². The maximum atomic E-state index is 12.5. The minimum absolute atomic E-state index is 0.102. The molecule has 0 unspecified atom stereocenters. The molecule has 1 amide bonds. The molecule has 0 aliphatic carbocycles. The van der Waals surface area contributed by atoms with Crippen LogP contribution in [-0.4, -0.2) is 40.7 Å². The van der Waals surface area contributed by atoms with E-state index >= 15 is 0 Å². The summed E-state index contributed by atoms with van der Waals surface area (Å²) in [5.41, 5.74) is 0.663. The molecule has 2 aromatic rings. The van der Waals surface area contributed by atoms with Crippen molar-refractivity contribution in [1.29, 1.82) is 0 Å². The Labute approximate surface area is 176 Å². The van der Waals surface area contributed by atoms with Gasteiger partial charge in [-0.05, 0) is 49.7 Å². The van der Waals surface area contributed by atoms with Crippen molar-refractivity contribution in [2.24, 2.45) is 0 Å². The third-order valence-electron chi connectivity index (χ3n) is 4.35. The van der Waals surface area contributed by atoms with Gasteiger partial charge in [0.25, 0.3) is 0 Å². The van der Waals surface area contributed by atoms with Gasteiger partial charge in [0.1, 0.15) is 5.75 Å². The first-order valence-electron chi connectivity index (χ1n) is 9.90. The van der Waals surface area contributed by atoms with Gasteiger partial charge < -0.3 is 19.5 Å². The average Bonchev–Trinajstić information content (AvgIpc) is 2.98. The Kier molecular flexibility index (Phi) is 7.53. The summed E-state index contributed by atoms with van der Waals surface area (Å²) in [6.45, 7) is 3.64. The second kappa shape index (κ2) is 10.3. The number of fused-ring (bicyclic) bond motifs is 1. The summed E-state index contributed by atoms with van der Waals surface area (Å²) in [4.78, 5) is 12.2. The smallest absolute Gasteiger partial charge is 0.240 e. The highest BCUT2D eigenvalue weighted by Crippen LogP contribution is 2.31. The zero-order chi connectivity index (χ0) is 21.4. The third-order valence-corrected chi connectivity index (χ3v) is 5.81. The predicted molar refractivity (Wildman–Crippen MR) is 113 cm³/mol. The van der Waals surface area contributed by atoms with Gasteiger partial charge in [-0.1, -0.05) is 0 Å². The Morgan fingerprint density at radius 3 is 2.53 bits per heavy atom. The van der Waals surface area contributed by atoms with E-state index < -0.39 is 10.0 Å². The molecule has 2 N–H and O–H groups in total. The molecule has 0 spiro atoms. The number of carbonyl (C=O) groups is 1. The Hall–Kier alpha value is -2.78. The highest BCUT2D eigenvalue weighted by atomic mass is 32.2. The van der Waals surface area contributed by atoms with Crippen molar-refractivity contribution < 1.29 is 27.4 Å². The quantitative estimate of drug-likeness (QED) is 0.588. The number of amides is 1. The van der Waals surface area contributed by atoms with Gasteiger partial charge >= 0.3 is 0 Å². The normalized spacial score (nSPS) is 13.4. The SMILES string of the molecule is CCOc1ccc(NC(=O)CCCNS(=O)(=O)c2ccc3c(c2)OCCCO3)cc1. The van der Waals surface area contributed by atoms with Crippen LogP contribution < -0.4 is 24.2 Å². The number of sulfonamides is 1. The van der Waals surface area contributed by atoms with Crippen LogP contribution in [-0.2, 0) is 14.8 Å². The Balaban J connectivity index is 1.46. The van der Waals surface area contributed by atoms with Crippen LogP contribution in [0.2, 0.25) is 0 Å². The maximum Gasteiger partial charge on any atom is 0.240 e. The maximum absolute atomic E-state index is 12.5. The molecule has 162 valence electrons. The molecule has 2 aromatic carbocycles. The Bertz CT molecular complexity index is 960. The lowest BCUT2D eigenvalue weighted by molar-refractivity contribution is -0.116. The molecule has 3 rings (SSSR count). The van der Waals surface area contributed by atoms with Crippen LogP contribution in [0.25, 0.3) is 0 Å². The van der Waals surface area contributed by atoms with Gasteiger partial charge in [-0.15, -0.1) is 0 Å². The first-order valence-corrected chi connectivity index (χ1v) is 11.4. The lowest BCUT2D eigenvalue weighted by atomic mass is 10.2. The summed E-state index contributed by atoms with van der Waals surface area (Å²) >= 11 is 0. The number of benzene rings is 2. The first kappa shape index (κ1) is 21.9. The fourth-order valence-electron chi connectivity index (χ4n) is 2.87. The Morgan fingerprint density at radius 1 is 1.07 bits per heavy atom. The second-order valence-electron chi connectivity index (χ2n) is 6.67. The standard InChI is InChI=1S/C21H26N2O6S/c1-2-27-17-8-6-16(7-9-17)23-21(24)5-3-12-22-30(25,26)18-10-11-19-20(15-18)29-14-4-13-28-19/h6-11,15,22H,2-5,12-14H2,1H3,(H,23,24). The topological polar surface area (TPSA) is 103 Å². The van der Waals surface area contributed by atoms with Gasteiger partial charge in [-0.2, -0.15) is 0 Å². The minimum atomic E-state index is -3.70. The van der Waals surface area contributed by atoms with E-state index in [-0.39, 0.29) is 23.8 Å². The van der Waals surface area contributed by atoms with E-state index in [2.05, 4.69) is 10.0 Å². The van der Waals surface area contributed by atoms with Gasteiger partial charge in [0.2, 0.25) is 15.9 Å². The van der Waals surface area contributed by atoms with E-state index in [4.69, 9.17) is 14.2 Å². The van der Waals surface area contributed by atoms with E-state index in [1.807, 2.05) is 6.92 Å². The van der Waals surface area contributed by atoms with E-state index in [1.54, 1.807) is 30.3 Å².